The summed E-state index contributed by atoms with van der Waals surface area (Å²) < 4.78 is 58.6. The molecule has 0 aliphatic carbocycles. The minimum atomic E-state index is -4.00. The van der Waals surface area contributed by atoms with E-state index in [1.807, 2.05) is 29.2 Å². The zero-order valence-corrected chi connectivity index (χ0v) is 14.5. The van der Waals surface area contributed by atoms with Crippen LogP contribution in [0.25, 0.3) is 0 Å². The second-order valence-electron chi connectivity index (χ2n) is 5.64. The van der Waals surface area contributed by atoms with Gasteiger partial charge in [-0.15, -0.1) is 0 Å². The van der Waals surface area contributed by atoms with E-state index in [-0.39, 0.29) is 13.1 Å². The van der Waals surface area contributed by atoms with Crippen LogP contribution >= 0.6 is 0 Å². The maximum absolute atomic E-state index is 13.9. The Balaban J connectivity index is 1.77. The Morgan fingerprint density at radius 3 is 2.32 bits per heavy atom. The van der Waals surface area contributed by atoms with E-state index in [0.717, 1.165) is 17.8 Å². The van der Waals surface area contributed by atoms with Gasteiger partial charge in [0, 0.05) is 32.2 Å². The summed E-state index contributed by atoms with van der Waals surface area (Å²) in [6.45, 7) is 1.30. The van der Waals surface area contributed by atoms with E-state index in [9.17, 15) is 17.2 Å². The number of nitrogens with zero attached hydrogens (tertiary/aromatic N) is 2. The van der Waals surface area contributed by atoms with Crippen LogP contribution in [0.3, 0.4) is 0 Å². The van der Waals surface area contributed by atoms with Crippen LogP contribution < -0.4 is 9.64 Å². The van der Waals surface area contributed by atoms with Crippen LogP contribution in [0.2, 0.25) is 0 Å². The summed E-state index contributed by atoms with van der Waals surface area (Å²) in [5.41, 5.74) is 0.884. The molecule has 0 N–H and O–H groups in total. The van der Waals surface area contributed by atoms with Crippen molar-refractivity contribution >= 4 is 15.7 Å². The van der Waals surface area contributed by atoms with E-state index in [1.165, 1.54) is 4.31 Å². The molecule has 134 valence electrons. The number of para-hydroxylation sites is 2. The van der Waals surface area contributed by atoms with Gasteiger partial charge < -0.3 is 9.64 Å². The number of hydrogen-bond acceptors (Lipinski definition) is 4. The molecular formula is C17H18F2N2O3S. The predicted molar refractivity (Wildman–Crippen MR) is 90.3 cm³/mol. The summed E-state index contributed by atoms with van der Waals surface area (Å²) >= 11 is 0. The van der Waals surface area contributed by atoms with Crippen molar-refractivity contribution < 1.29 is 21.9 Å². The van der Waals surface area contributed by atoms with Crippen LogP contribution in [-0.2, 0) is 10.0 Å². The van der Waals surface area contributed by atoms with Crippen molar-refractivity contribution in [1.82, 2.24) is 4.31 Å². The smallest absolute Gasteiger partial charge is 0.246 e. The van der Waals surface area contributed by atoms with Gasteiger partial charge in [0.15, 0.2) is 0 Å². The first-order valence-electron chi connectivity index (χ1n) is 7.76. The van der Waals surface area contributed by atoms with E-state index in [4.69, 9.17) is 4.74 Å². The zero-order valence-electron chi connectivity index (χ0n) is 13.7. The molecule has 1 aliphatic rings. The number of anilines is 1. The molecule has 2 aromatic rings. The van der Waals surface area contributed by atoms with Crippen molar-refractivity contribution in [2.45, 2.75) is 4.90 Å². The lowest BCUT2D eigenvalue weighted by molar-refractivity contribution is 0.376. The van der Waals surface area contributed by atoms with Gasteiger partial charge >= 0.3 is 0 Å². The standard InChI is InChI=1S/C17H18F2N2O3S/c1-24-16-5-3-2-4-15(16)20-8-10-21(11-9-20)25(22,23)17-7-6-13(18)12-14(17)19/h2-7,12H,8-11H2,1H3. The fourth-order valence-electron chi connectivity index (χ4n) is 2.88. The van der Waals surface area contributed by atoms with Crippen LogP contribution in [0.5, 0.6) is 5.75 Å². The second kappa shape index (κ2) is 6.97. The van der Waals surface area contributed by atoms with E-state index < -0.39 is 26.6 Å². The third-order valence-electron chi connectivity index (χ3n) is 4.18. The van der Waals surface area contributed by atoms with E-state index in [1.54, 1.807) is 7.11 Å². The molecule has 0 unspecified atom stereocenters. The average Bonchev–Trinajstić information content (AvgIpc) is 2.61. The number of halogens is 2. The summed E-state index contributed by atoms with van der Waals surface area (Å²) in [5, 5.41) is 0. The normalized spacial score (nSPS) is 16.0. The summed E-state index contributed by atoms with van der Waals surface area (Å²) in [4.78, 5) is 1.52. The largest absolute Gasteiger partial charge is 0.495 e. The molecule has 5 nitrogen and oxygen atoms in total. The number of benzene rings is 2. The van der Waals surface area contributed by atoms with Crippen molar-refractivity contribution in [3.8, 4) is 5.75 Å². The third-order valence-corrected chi connectivity index (χ3v) is 6.11. The maximum atomic E-state index is 13.9. The Kier molecular flexibility index (Phi) is 4.91. The van der Waals surface area contributed by atoms with Gasteiger partial charge in [0.05, 0.1) is 12.8 Å². The highest BCUT2D eigenvalue weighted by atomic mass is 32.2. The van der Waals surface area contributed by atoms with Crippen LogP contribution in [0.15, 0.2) is 47.4 Å². The Morgan fingerprint density at radius 2 is 1.68 bits per heavy atom. The Morgan fingerprint density at radius 1 is 1.00 bits per heavy atom. The molecule has 0 bridgehead atoms. The summed E-state index contributed by atoms with van der Waals surface area (Å²) in [7, 11) is -2.42. The van der Waals surface area contributed by atoms with Crippen LogP contribution in [0, 0.1) is 11.6 Å². The van der Waals surface area contributed by atoms with Gasteiger partial charge in [-0.25, -0.2) is 17.2 Å². The number of rotatable bonds is 4. The molecule has 2 aromatic carbocycles. The summed E-state index contributed by atoms with van der Waals surface area (Å²) in [5.74, 6) is -1.17. The number of ether oxygens (including phenoxy) is 1. The monoisotopic (exact) mass is 368 g/mol. The molecule has 3 rings (SSSR count). The van der Waals surface area contributed by atoms with Crippen molar-refractivity contribution in [3.63, 3.8) is 0 Å². The van der Waals surface area contributed by atoms with E-state index in [2.05, 4.69) is 0 Å². The minimum absolute atomic E-state index is 0.206. The molecular weight excluding hydrogens is 350 g/mol. The van der Waals surface area contributed by atoms with Gasteiger partial charge in [-0.1, -0.05) is 12.1 Å². The van der Waals surface area contributed by atoms with Gasteiger partial charge in [-0.3, -0.25) is 0 Å². The van der Waals surface area contributed by atoms with Gasteiger partial charge in [-0.2, -0.15) is 4.31 Å². The van der Waals surface area contributed by atoms with Crippen molar-refractivity contribution in [2.75, 3.05) is 38.2 Å². The number of methoxy groups -OCH3 is 1. The lowest BCUT2D eigenvalue weighted by Gasteiger charge is -2.35. The molecule has 0 atom stereocenters. The predicted octanol–water partition coefficient (Wildman–Crippen LogP) is 2.48. The van der Waals surface area contributed by atoms with Crippen LogP contribution in [0.1, 0.15) is 0 Å². The number of sulfonamides is 1. The second-order valence-corrected chi connectivity index (χ2v) is 7.54. The first kappa shape index (κ1) is 17.6. The highest BCUT2D eigenvalue weighted by Gasteiger charge is 2.31. The maximum Gasteiger partial charge on any atom is 0.246 e. The van der Waals surface area contributed by atoms with Crippen LogP contribution in [-0.4, -0.2) is 46.0 Å². The van der Waals surface area contributed by atoms with Crippen molar-refractivity contribution in [3.05, 3.63) is 54.1 Å². The Bertz CT molecular complexity index is 866. The molecule has 1 saturated heterocycles. The molecule has 0 amide bonds. The Labute approximate surface area is 145 Å². The van der Waals surface area contributed by atoms with Gasteiger partial charge in [0.2, 0.25) is 10.0 Å². The Hall–Kier alpha value is -2.19. The molecule has 0 saturated carbocycles. The van der Waals surface area contributed by atoms with E-state index >= 15 is 0 Å². The molecule has 0 aromatic heterocycles. The molecule has 8 heteroatoms. The lowest BCUT2D eigenvalue weighted by atomic mass is 10.2. The summed E-state index contributed by atoms with van der Waals surface area (Å²) in [6, 6.07) is 9.98. The van der Waals surface area contributed by atoms with Gasteiger partial charge in [-0.05, 0) is 24.3 Å². The summed E-state index contributed by atoms with van der Waals surface area (Å²) in [6.07, 6.45) is 0. The molecule has 0 spiro atoms. The SMILES string of the molecule is COc1ccccc1N1CCN(S(=O)(=O)c2ccc(F)cc2F)CC1. The fraction of sp³-hybridized carbons (Fsp3) is 0.294. The zero-order chi connectivity index (χ0) is 18.0. The fourth-order valence-corrected chi connectivity index (χ4v) is 4.35. The lowest BCUT2D eigenvalue weighted by Crippen LogP contribution is -2.48. The molecule has 0 radical (unpaired) electrons. The van der Waals surface area contributed by atoms with Gasteiger partial charge in [0.1, 0.15) is 22.3 Å². The number of piperazine rings is 1. The van der Waals surface area contributed by atoms with Crippen molar-refractivity contribution in [2.24, 2.45) is 0 Å². The first-order valence-corrected chi connectivity index (χ1v) is 9.20. The topological polar surface area (TPSA) is 49.9 Å². The molecule has 25 heavy (non-hydrogen) atoms. The minimum Gasteiger partial charge on any atom is -0.495 e. The third kappa shape index (κ3) is 3.45. The van der Waals surface area contributed by atoms with Crippen molar-refractivity contribution in [1.29, 1.82) is 0 Å². The highest BCUT2D eigenvalue weighted by molar-refractivity contribution is 7.89. The van der Waals surface area contributed by atoms with Crippen LogP contribution in [0.4, 0.5) is 14.5 Å². The first-order chi connectivity index (χ1) is 11.9. The number of hydrogen-bond donors (Lipinski definition) is 0. The van der Waals surface area contributed by atoms with E-state index in [0.29, 0.717) is 24.9 Å². The average molecular weight is 368 g/mol. The molecule has 1 heterocycles. The quantitative estimate of drug-likeness (QED) is 0.832. The molecule has 1 aliphatic heterocycles. The van der Waals surface area contributed by atoms with Gasteiger partial charge in [0.25, 0.3) is 0 Å². The molecule has 1 fully saturated rings. The highest BCUT2D eigenvalue weighted by Crippen LogP contribution is 2.29.